The van der Waals surface area contributed by atoms with Gasteiger partial charge in [0.1, 0.15) is 0 Å². The molecule has 2 fully saturated rings. The number of rotatable bonds is 7. The second-order valence-electron chi connectivity index (χ2n) is 10.9. The molecule has 2 N–H and O–H groups in total. The van der Waals surface area contributed by atoms with Gasteiger partial charge < -0.3 is 5.32 Å². The first-order valence-electron chi connectivity index (χ1n) is 12.5. The zero-order valence-corrected chi connectivity index (χ0v) is 22.2. The van der Waals surface area contributed by atoms with Gasteiger partial charge in [-0.1, -0.05) is 49.6 Å². The smallest absolute Gasteiger partial charge is 0.280 e. The zero-order valence-electron chi connectivity index (χ0n) is 20.6. The van der Waals surface area contributed by atoms with E-state index in [-0.39, 0.29) is 16.8 Å². The summed E-state index contributed by atoms with van der Waals surface area (Å²) in [5.74, 6) is 0.499. The van der Waals surface area contributed by atoms with Gasteiger partial charge in [-0.05, 0) is 63.8 Å². The summed E-state index contributed by atoms with van der Waals surface area (Å²) in [6.07, 6.45) is 7.70. The molecule has 0 atom stereocenters. The number of nitrogens with one attached hydrogen (secondary N) is 2. The fraction of sp³-hybridized carbons (Fsp3) is 0.481. The SMILES string of the molecule is CC(C)(C)NS(=O)(=O)c1ccc(-c2sc(C(=O)NC3CCC3)nc2CC2CCC2)c2ccccc12. The summed E-state index contributed by atoms with van der Waals surface area (Å²) in [4.78, 5) is 19.0. The molecule has 1 heterocycles. The first kappa shape index (κ1) is 24.4. The Balaban J connectivity index is 1.59. The number of thiazole rings is 1. The van der Waals surface area contributed by atoms with Crippen molar-refractivity contribution in [2.45, 2.75) is 82.2 Å². The minimum Gasteiger partial charge on any atom is -0.347 e. The molecule has 0 bridgehead atoms. The Hall–Kier alpha value is -2.29. The first-order chi connectivity index (χ1) is 16.6. The van der Waals surface area contributed by atoms with E-state index >= 15 is 0 Å². The van der Waals surface area contributed by atoms with Gasteiger partial charge in [0.05, 0.1) is 15.5 Å². The van der Waals surface area contributed by atoms with Crippen molar-refractivity contribution in [1.29, 1.82) is 0 Å². The summed E-state index contributed by atoms with van der Waals surface area (Å²) in [5.41, 5.74) is 1.30. The lowest BCUT2D eigenvalue weighted by Crippen LogP contribution is -2.40. The van der Waals surface area contributed by atoms with Crippen molar-refractivity contribution in [3.63, 3.8) is 0 Å². The number of aromatic nitrogens is 1. The van der Waals surface area contributed by atoms with Crippen LogP contribution in [0.2, 0.25) is 0 Å². The summed E-state index contributed by atoms with van der Waals surface area (Å²) >= 11 is 1.42. The van der Waals surface area contributed by atoms with Crippen LogP contribution in [0, 0.1) is 5.92 Å². The molecule has 1 aromatic heterocycles. The van der Waals surface area contributed by atoms with Gasteiger partial charge in [0.15, 0.2) is 5.01 Å². The van der Waals surface area contributed by atoms with E-state index in [1.54, 1.807) is 6.07 Å². The maximum absolute atomic E-state index is 13.2. The molecule has 2 aromatic carbocycles. The largest absolute Gasteiger partial charge is 0.347 e. The second-order valence-corrected chi connectivity index (χ2v) is 13.6. The van der Waals surface area contributed by atoms with Gasteiger partial charge in [0.2, 0.25) is 10.0 Å². The molecule has 2 aliphatic rings. The van der Waals surface area contributed by atoms with Gasteiger partial charge in [0.25, 0.3) is 5.91 Å². The van der Waals surface area contributed by atoms with Gasteiger partial charge in [-0.25, -0.2) is 18.1 Å². The van der Waals surface area contributed by atoms with E-state index in [1.165, 1.54) is 30.6 Å². The number of amides is 1. The lowest BCUT2D eigenvalue weighted by atomic mass is 9.81. The van der Waals surface area contributed by atoms with Crippen LogP contribution >= 0.6 is 11.3 Å². The Kier molecular flexibility index (Phi) is 6.48. The van der Waals surface area contributed by atoms with E-state index in [9.17, 15) is 13.2 Å². The summed E-state index contributed by atoms with van der Waals surface area (Å²) < 4.78 is 29.2. The minimum absolute atomic E-state index is 0.0984. The molecule has 2 aliphatic carbocycles. The molecule has 5 rings (SSSR count). The number of sulfonamides is 1. The highest BCUT2D eigenvalue weighted by Gasteiger charge is 2.28. The molecular weight excluding hydrogens is 478 g/mol. The lowest BCUT2D eigenvalue weighted by molar-refractivity contribution is 0.0916. The van der Waals surface area contributed by atoms with Crippen LogP contribution in [-0.4, -0.2) is 30.9 Å². The van der Waals surface area contributed by atoms with Crippen LogP contribution in [0.5, 0.6) is 0 Å². The van der Waals surface area contributed by atoms with Crippen molar-refractivity contribution >= 4 is 38.0 Å². The molecule has 0 radical (unpaired) electrons. The molecule has 0 spiro atoms. The van der Waals surface area contributed by atoms with Crippen LogP contribution in [0.15, 0.2) is 41.3 Å². The van der Waals surface area contributed by atoms with E-state index < -0.39 is 15.6 Å². The van der Waals surface area contributed by atoms with Crippen LogP contribution in [0.25, 0.3) is 21.2 Å². The summed E-state index contributed by atoms with van der Waals surface area (Å²) in [6.45, 7) is 5.50. The van der Waals surface area contributed by atoms with E-state index in [2.05, 4.69) is 10.0 Å². The van der Waals surface area contributed by atoms with Crippen molar-refractivity contribution < 1.29 is 13.2 Å². The summed E-state index contributed by atoms with van der Waals surface area (Å²) in [6, 6.07) is 11.4. The van der Waals surface area contributed by atoms with Gasteiger partial charge in [-0.3, -0.25) is 4.79 Å². The van der Waals surface area contributed by atoms with E-state index in [0.29, 0.717) is 16.3 Å². The molecule has 0 aliphatic heterocycles. The number of carbonyl (C=O) groups excluding carboxylic acids is 1. The van der Waals surface area contributed by atoms with Gasteiger partial charge in [-0.15, -0.1) is 11.3 Å². The van der Waals surface area contributed by atoms with Crippen molar-refractivity contribution in [3.05, 3.63) is 47.1 Å². The average Bonchev–Trinajstić information content (AvgIpc) is 3.14. The van der Waals surface area contributed by atoms with Crippen LogP contribution < -0.4 is 10.0 Å². The van der Waals surface area contributed by atoms with Crippen molar-refractivity contribution in [2.75, 3.05) is 0 Å². The number of benzene rings is 2. The van der Waals surface area contributed by atoms with Gasteiger partial charge >= 0.3 is 0 Å². The molecule has 3 aromatic rings. The maximum Gasteiger partial charge on any atom is 0.280 e. The number of carbonyl (C=O) groups is 1. The minimum atomic E-state index is -3.71. The van der Waals surface area contributed by atoms with Gasteiger partial charge in [0, 0.05) is 22.5 Å². The van der Waals surface area contributed by atoms with Crippen LogP contribution in [0.4, 0.5) is 0 Å². The highest BCUT2D eigenvalue weighted by molar-refractivity contribution is 7.89. The Morgan fingerprint density at radius 2 is 1.71 bits per heavy atom. The monoisotopic (exact) mass is 511 g/mol. The Bertz CT molecular complexity index is 1360. The average molecular weight is 512 g/mol. The summed E-state index contributed by atoms with van der Waals surface area (Å²) in [7, 11) is -3.71. The molecule has 186 valence electrons. The lowest BCUT2D eigenvalue weighted by Gasteiger charge is -2.25. The number of hydrogen-bond acceptors (Lipinski definition) is 5. The molecule has 0 saturated heterocycles. The van der Waals surface area contributed by atoms with E-state index in [0.717, 1.165) is 47.2 Å². The molecular formula is C27H33N3O3S2. The molecule has 0 unspecified atom stereocenters. The fourth-order valence-corrected chi connectivity index (χ4v) is 7.40. The van der Waals surface area contributed by atoms with E-state index in [1.807, 2.05) is 51.1 Å². The third-order valence-electron chi connectivity index (χ3n) is 6.90. The number of nitrogens with zero attached hydrogens (tertiary/aromatic N) is 1. The third kappa shape index (κ3) is 5.15. The Labute approximate surface area is 211 Å². The number of fused-ring (bicyclic) bond motifs is 1. The molecule has 2 saturated carbocycles. The first-order valence-corrected chi connectivity index (χ1v) is 14.8. The van der Waals surface area contributed by atoms with Crippen LogP contribution in [0.3, 0.4) is 0 Å². The topological polar surface area (TPSA) is 88.2 Å². The highest BCUT2D eigenvalue weighted by Crippen LogP contribution is 2.40. The van der Waals surface area contributed by atoms with E-state index in [4.69, 9.17) is 4.98 Å². The van der Waals surface area contributed by atoms with Crippen LogP contribution in [-0.2, 0) is 16.4 Å². The summed E-state index contributed by atoms with van der Waals surface area (Å²) in [5, 5.41) is 5.14. The predicted molar refractivity (Wildman–Crippen MR) is 141 cm³/mol. The zero-order chi connectivity index (χ0) is 24.8. The Morgan fingerprint density at radius 1 is 1.03 bits per heavy atom. The second kappa shape index (κ2) is 9.30. The number of hydrogen-bond donors (Lipinski definition) is 2. The van der Waals surface area contributed by atoms with Crippen LogP contribution in [0.1, 0.15) is 74.8 Å². The highest BCUT2D eigenvalue weighted by atomic mass is 32.2. The quantitative estimate of drug-likeness (QED) is 0.428. The molecule has 6 nitrogen and oxygen atoms in total. The predicted octanol–water partition coefficient (Wildman–Crippen LogP) is 5.67. The van der Waals surface area contributed by atoms with Crippen molar-refractivity contribution in [1.82, 2.24) is 15.0 Å². The standard InChI is InChI=1S/C27H33N3O3S2/c1-27(2,3)30-35(32,33)23-15-14-21(19-12-4-5-13-20(19)23)24-22(16-17-8-6-9-17)29-26(34-24)25(31)28-18-10-7-11-18/h4-5,12-15,17-18,30H,6-11,16H2,1-3H3,(H,28,31). The van der Waals surface area contributed by atoms with Crippen molar-refractivity contribution in [2.24, 2.45) is 5.92 Å². The Morgan fingerprint density at radius 3 is 2.31 bits per heavy atom. The molecule has 8 heteroatoms. The van der Waals surface area contributed by atoms with Crippen molar-refractivity contribution in [3.8, 4) is 10.4 Å². The molecule has 1 amide bonds. The van der Waals surface area contributed by atoms with Gasteiger partial charge in [-0.2, -0.15) is 0 Å². The molecule has 35 heavy (non-hydrogen) atoms. The third-order valence-corrected chi connectivity index (χ3v) is 9.84. The maximum atomic E-state index is 13.2. The fourth-order valence-electron chi connectivity index (χ4n) is 4.73. The normalized spacial score (nSPS) is 17.2.